The Hall–Kier alpha value is -1.46. The summed E-state index contributed by atoms with van der Waals surface area (Å²) in [5.41, 5.74) is 0.287. The molecule has 1 unspecified atom stereocenters. The van der Waals surface area contributed by atoms with Crippen LogP contribution in [0.3, 0.4) is 0 Å². The lowest BCUT2D eigenvalue weighted by Gasteiger charge is -2.20. The molecule has 1 aliphatic heterocycles. The molecule has 1 N–H and O–H groups in total. The van der Waals surface area contributed by atoms with Crippen LogP contribution in [0.4, 0.5) is 4.39 Å². The molecule has 0 spiro atoms. The van der Waals surface area contributed by atoms with E-state index in [1.807, 2.05) is 0 Å². The summed E-state index contributed by atoms with van der Waals surface area (Å²) in [6.45, 7) is 2.04. The van der Waals surface area contributed by atoms with Gasteiger partial charge in [-0.2, -0.15) is 4.98 Å². The molecule has 0 radical (unpaired) electrons. The summed E-state index contributed by atoms with van der Waals surface area (Å²) in [6, 6.07) is 4.40. The second-order valence-electron chi connectivity index (χ2n) is 5.06. The number of hydrogen-bond acceptors (Lipinski definition) is 4. The summed E-state index contributed by atoms with van der Waals surface area (Å²) in [5, 5.41) is 7.63. The van der Waals surface area contributed by atoms with E-state index in [-0.39, 0.29) is 11.5 Å². The monoisotopic (exact) mass is 295 g/mol. The maximum atomic E-state index is 13.8. The fourth-order valence-electron chi connectivity index (χ4n) is 2.47. The van der Waals surface area contributed by atoms with Gasteiger partial charge in [0.05, 0.1) is 5.56 Å². The zero-order valence-electron chi connectivity index (χ0n) is 10.9. The van der Waals surface area contributed by atoms with E-state index in [2.05, 4.69) is 15.5 Å². The van der Waals surface area contributed by atoms with Gasteiger partial charge in [-0.25, -0.2) is 4.39 Å². The van der Waals surface area contributed by atoms with E-state index in [1.54, 1.807) is 12.1 Å². The van der Waals surface area contributed by atoms with E-state index in [4.69, 9.17) is 16.1 Å². The molecule has 1 aromatic carbocycles. The molecule has 0 bridgehead atoms. The molecule has 1 aliphatic rings. The Kier molecular flexibility index (Phi) is 3.98. The number of benzene rings is 1. The molecule has 2 aromatic rings. The predicted molar refractivity (Wildman–Crippen MR) is 74.0 cm³/mol. The molecule has 0 aliphatic carbocycles. The van der Waals surface area contributed by atoms with Crippen LogP contribution < -0.4 is 5.32 Å². The zero-order chi connectivity index (χ0) is 13.9. The van der Waals surface area contributed by atoms with E-state index in [1.165, 1.54) is 12.5 Å². The van der Waals surface area contributed by atoms with E-state index in [0.717, 1.165) is 25.9 Å². The molecule has 0 saturated carbocycles. The number of piperidine rings is 1. The number of halogens is 2. The lowest BCUT2D eigenvalue weighted by atomic mass is 9.96. The third-order valence-electron chi connectivity index (χ3n) is 3.50. The second-order valence-corrected chi connectivity index (χ2v) is 5.49. The van der Waals surface area contributed by atoms with Gasteiger partial charge in [0.2, 0.25) is 0 Å². The number of nitrogens with zero attached hydrogens (tertiary/aromatic N) is 2. The first-order valence-corrected chi connectivity index (χ1v) is 7.09. The van der Waals surface area contributed by atoms with Crippen LogP contribution in [0.2, 0.25) is 5.02 Å². The topological polar surface area (TPSA) is 51.0 Å². The van der Waals surface area contributed by atoms with Crippen molar-refractivity contribution >= 4 is 11.6 Å². The van der Waals surface area contributed by atoms with Crippen molar-refractivity contribution in [2.75, 3.05) is 13.1 Å². The smallest absolute Gasteiger partial charge is 0.260 e. The Balaban J connectivity index is 1.75. The zero-order valence-corrected chi connectivity index (χ0v) is 11.7. The van der Waals surface area contributed by atoms with Crippen LogP contribution >= 0.6 is 11.6 Å². The van der Waals surface area contributed by atoms with Crippen molar-refractivity contribution in [2.24, 2.45) is 5.92 Å². The third-order valence-corrected chi connectivity index (χ3v) is 3.73. The average molecular weight is 296 g/mol. The number of aromatic nitrogens is 2. The van der Waals surface area contributed by atoms with Crippen LogP contribution in [-0.2, 0) is 6.42 Å². The lowest BCUT2D eigenvalue weighted by molar-refractivity contribution is 0.359. The van der Waals surface area contributed by atoms with Gasteiger partial charge in [0.25, 0.3) is 5.89 Å². The number of hydrogen-bond donors (Lipinski definition) is 1. The van der Waals surface area contributed by atoms with Crippen LogP contribution in [0.5, 0.6) is 0 Å². The predicted octanol–water partition coefficient (Wildman–Crippen LogP) is 3.07. The molecule has 6 heteroatoms. The third kappa shape index (κ3) is 2.99. The Morgan fingerprint density at radius 3 is 3.10 bits per heavy atom. The van der Waals surface area contributed by atoms with E-state index in [0.29, 0.717) is 16.8 Å². The normalized spacial score (nSPS) is 19.2. The first-order valence-electron chi connectivity index (χ1n) is 6.71. The molecular weight excluding hydrogens is 281 g/mol. The van der Waals surface area contributed by atoms with Gasteiger partial charge in [-0.1, -0.05) is 16.8 Å². The highest BCUT2D eigenvalue weighted by Crippen LogP contribution is 2.24. The minimum absolute atomic E-state index is 0.206. The summed E-state index contributed by atoms with van der Waals surface area (Å²) in [7, 11) is 0. The second kappa shape index (κ2) is 5.89. The molecule has 0 amide bonds. The first kappa shape index (κ1) is 13.5. The molecule has 3 rings (SSSR count). The molecule has 1 fully saturated rings. The maximum Gasteiger partial charge on any atom is 0.260 e. The fraction of sp³-hybridized carbons (Fsp3) is 0.429. The number of rotatable bonds is 3. The van der Waals surface area contributed by atoms with E-state index < -0.39 is 5.82 Å². The van der Waals surface area contributed by atoms with Crippen molar-refractivity contribution in [1.29, 1.82) is 0 Å². The van der Waals surface area contributed by atoms with Crippen LogP contribution in [0.15, 0.2) is 22.7 Å². The van der Waals surface area contributed by atoms with Crippen LogP contribution in [0.1, 0.15) is 18.7 Å². The number of nitrogens with one attached hydrogen (secondary N) is 1. The van der Waals surface area contributed by atoms with Crippen LogP contribution in [0.25, 0.3) is 11.5 Å². The Morgan fingerprint density at radius 2 is 2.35 bits per heavy atom. The highest BCUT2D eigenvalue weighted by atomic mass is 35.5. The van der Waals surface area contributed by atoms with Gasteiger partial charge in [0.15, 0.2) is 5.82 Å². The minimum Gasteiger partial charge on any atom is -0.334 e. The Labute approximate surface area is 121 Å². The Morgan fingerprint density at radius 1 is 1.45 bits per heavy atom. The van der Waals surface area contributed by atoms with Crippen molar-refractivity contribution in [3.8, 4) is 11.5 Å². The quantitative estimate of drug-likeness (QED) is 0.945. The molecule has 1 aromatic heterocycles. The maximum absolute atomic E-state index is 13.8. The first-order chi connectivity index (χ1) is 9.72. The fourth-order valence-corrected chi connectivity index (χ4v) is 2.62. The molecule has 2 heterocycles. The largest absolute Gasteiger partial charge is 0.334 e. The lowest BCUT2D eigenvalue weighted by Crippen LogP contribution is -2.31. The molecule has 4 nitrogen and oxygen atoms in total. The summed E-state index contributed by atoms with van der Waals surface area (Å²) >= 11 is 5.72. The van der Waals surface area contributed by atoms with Crippen molar-refractivity contribution in [1.82, 2.24) is 15.5 Å². The summed E-state index contributed by atoms with van der Waals surface area (Å²) in [5.74, 6) is 0.900. The molecule has 20 heavy (non-hydrogen) atoms. The molecule has 106 valence electrons. The van der Waals surface area contributed by atoms with Crippen molar-refractivity contribution in [3.05, 3.63) is 34.9 Å². The van der Waals surface area contributed by atoms with Gasteiger partial charge >= 0.3 is 0 Å². The SMILES string of the molecule is Fc1cc(Cl)ccc1-c1nc(CC2CCCNC2)no1. The minimum atomic E-state index is -0.452. The van der Waals surface area contributed by atoms with Gasteiger partial charge in [0.1, 0.15) is 5.82 Å². The van der Waals surface area contributed by atoms with Crippen molar-refractivity contribution in [2.45, 2.75) is 19.3 Å². The summed E-state index contributed by atoms with van der Waals surface area (Å²) in [4.78, 5) is 4.28. The molecule has 1 saturated heterocycles. The summed E-state index contributed by atoms with van der Waals surface area (Å²) in [6.07, 6.45) is 3.08. The van der Waals surface area contributed by atoms with Gasteiger partial charge < -0.3 is 9.84 Å². The van der Waals surface area contributed by atoms with Gasteiger partial charge in [0, 0.05) is 11.4 Å². The standard InChI is InChI=1S/C14H15ClFN3O/c15-10-3-4-11(12(16)7-10)14-18-13(19-20-14)6-9-2-1-5-17-8-9/h3-4,7,9,17H,1-2,5-6,8H2. The van der Waals surface area contributed by atoms with Crippen LogP contribution in [-0.4, -0.2) is 23.2 Å². The Bertz CT molecular complexity index is 596. The van der Waals surface area contributed by atoms with Gasteiger partial charge in [-0.05, 0) is 50.0 Å². The van der Waals surface area contributed by atoms with Crippen LogP contribution in [0, 0.1) is 11.7 Å². The summed E-state index contributed by atoms with van der Waals surface area (Å²) < 4.78 is 18.9. The van der Waals surface area contributed by atoms with Gasteiger partial charge in [-0.15, -0.1) is 0 Å². The van der Waals surface area contributed by atoms with Crippen molar-refractivity contribution in [3.63, 3.8) is 0 Å². The average Bonchev–Trinajstić information content (AvgIpc) is 2.88. The van der Waals surface area contributed by atoms with E-state index in [9.17, 15) is 4.39 Å². The highest BCUT2D eigenvalue weighted by molar-refractivity contribution is 6.30. The van der Waals surface area contributed by atoms with Crippen molar-refractivity contribution < 1.29 is 8.91 Å². The van der Waals surface area contributed by atoms with Gasteiger partial charge in [-0.3, -0.25) is 0 Å². The highest BCUT2D eigenvalue weighted by Gasteiger charge is 2.18. The van der Waals surface area contributed by atoms with E-state index >= 15 is 0 Å². The molecule has 1 atom stereocenters. The molecular formula is C14H15ClFN3O.